The van der Waals surface area contributed by atoms with Gasteiger partial charge in [0.15, 0.2) is 0 Å². The van der Waals surface area contributed by atoms with E-state index in [9.17, 15) is 0 Å². The molecule has 22 heavy (non-hydrogen) atoms. The highest BCUT2D eigenvalue weighted by molar-refractivity contribution is 6.32. The molecule has 2 atom stereocenters. The third kappa shape index (κ3) is 2.61. The lowest BCUT2D eigenvalue weighted by Crippen LogP contribution is -2.34. The minimum absolute atomic E-state index is 0.0601. The molecule has 1 aliphatic heterocycles. The standard InChI is InChI=1S/C16H18ClN5/c17-13-8-4-7-12-10-22-16(19-14(12)13)20-15(21-22)18-9-11-5-2-1-3-6-11/h1-3,5-6,12-13H,4,7-10H2,(H,18,21). The average Bonchev–Trinajstić information content (AvgIpc) is 2.94. The Balaban J connectivity index is 1.52. The molecule has 1 N–H and O–H groups in total. The van der Waals surface area contributed by atoms with Gasteiger partial charge in [0.2, 0.25) is 11.9 Å². The second-order valence-electron chi connectivity index (χ2n) is 5.89. The van der Waals surface area contributed by atoms with Crippen molar-refractivity contribution in [1.29, 1.82) is 0 Å². The van der Waals surface area contributed by atoms with E-state index in [1.807, 2.05) is 22.9 Å². The Bertz CT molecular complexity index is 694. The lowest BCUT2D eigenvalue weighted by atomic mass is 9.86. The van der Waals surface area contributed by atoms with Gasteiger partial charge in [0.05, 0.1) is 11.9 Å². The monoisotopic (exact) mass is 315 g/mol. The first kappa shape index (κ1) is 13.8. The summed E-state index contributed by atoms with van der Waals surface area (Å²) >= 11 is 6.40. The van der Waals surface area contributed by atoms with Crippen LogP contribution < -0.4 is 5.32 Å². The van der Waals surface area contributed by atoms with Crippen LogP contribution in [0, 0.1) is 5.92 Å². The maximum Gasteiger partial charge on any atom is 0.249 e. The molecule has 0 bridgehead atoms. The van der Waals surface area contributed by atoms with Crippen LogP contribution >= 0.6 is 11.6 Å². The van der Waals surface area contributed by atoms with Crippen LogP contribution in [0.3, 0.4) is 0 Å². The second-order valence-corrected chi connectivity index (χ2v) is 6.42. The number of hydrogen-bond donors (Lipinski definition) is 1. The summed E-state index contributed by atoms with van der Waals surface area (Å²) < 4.78 is 1.90. The molecule has 4 rings (SSSR count). The van der Waals surface area contributed by atoms with Gasteiger partial charge in [-0.2, -0.15) is 4.98 Å². The minimum Gasteiger partial charge on any atom is -0.349 e. The van der Waals surface area contributed by atoms with Crippen LogP contribution in [-0.4, -0.2) is 25.9 Å². The molecule has 0 spiro atoms. The largest absolute Gasteiger partial charge is 0.349 e. The summed E-state index contributed by atoms with van der Waals surface area (Å²) in [5.41, 5.74) is 2.30. The molecule has 2 unspecified atom stereocenters. The van der Waals surface area contributed by atoms with Gasteiger partial charge in [0.1, 0.15) is 0 Å². The summed E-state index contributed by atoms with van der Waals surface area (Å²) in [5, 5.41) is 7.85. The number of alkyl halides is 1. The number of rotatable bonds is 3. The van der Waals surface area contributed by atoms with E-state index >= 15 is 0 Å². The van der Waals surface area contributed by atoms with Gasteiger partial charge in [0.25, 0.3) is 0 Å². The molecule has 1 fully saturated rings. The highest BCUT2D eigenvalue weighted by Crippen LogP contribution is 2.33. The van der Waals surface area contributed by atoms with Gasteiger partial charge in [-0.05, 0) is 18.4 Å². The summed E-state index contributed by atoms with van der Waals surface area (Å²) in [5.74, 6) is 1.73. The first-order valence-corrected chi connectivity index (χ1v) is 8.18. The highest BCUT2D eigenvalue weighted by atomic mass is 35.5. The van der Waals surface area contributed by atoms with E-state index in [0.29, 0.717) is 24.4 Å². The maximum atomic E-state index is 6.40. The van der Waals surface area contributed by atoms with Crippen LogP contribution in [0.15, 0.2) is 35.3 Å². The van der Waals surface area contributed by atoms with Crippen LogP contribution in [0.5, 0.6) is 0 Å². The fraction of sp³-hybridized carbons (Fsp3) is 0.438. The predicted octanol–water partition coefficient (Wildman–Crippen LogP) is 3.38. The Morgan fingerprint density at radius 1 is 1.23 bits per heavy atom. The topological polar surface area (TPSA) is 55.1 Å². The van der Waals surface area contributed by atoms with Gasteiger partial charge >= 0.3 is 0 Å². The number of aromatic nitrogens is 3. The zero-order valence-electron chi connectivity index (χ0n) is 12.2. The minimum atomic E-state index is 0.0601. The van der Waals surface area contributed by atoms with Gasteiger partial charge in [0, 0.05) is 18.2 Å². The number of nitrogens with zero attached hydrogens (tertiary/aromatic N) is 4. The average molecular weight is 316 g/mol. The molecule has 2 heterocycles. The summed E-state index contributed by atoms with van der Waals surface area (Å²) in [6.07, 6.45) is 3.33. The summed E-state index contributed by atoms with van der Waals surface area (Å²) in [4.78, 5) is 9.14. The Labute approximate surface area is 134 Å². The lowest BCUT2D eigenvalue weighted by Gasteiger charge is -2.30. The Hall–Kier alpha value is -1.88. The van der Waals surface area contributed by atoms with Crippen LogP contribution in [0.2, 0.25) is 0 Å². The highest BCUT2D eigenvalue weighted by Gasteiger charge is 2.32. The van der Waals surface area contributed by atoms with Crippen LogP contribution in [0.25, 0.3) is 0 Å². The molecule has 2 aromatic rings. The van der Waals surface area contributed by atoms with E-state index in [1.54, 1.807) is 0 Å². The molecular weight excluding hydrogens is 298 g/mol. The van der Waals surface area contributed by atoms with E-state index in [2.05, 4.69) is 32.5 Å². The maximum absolute atomic E-state index is 6.40. The van der Waals surface area contributed by atoms with Crippen molar-refractivity contribution in [3.63, 3.8) is 0 Å². The lowest BCUT2D eigenvalue weighted by molar-refractivity contribution is 0.432. The summed E-state index contributed by atoms with van der Waals surface area (Å²) in [7, 11) is 0. The van der Waals surface area contributed by atoms with Gasteiger partial charge in [-0.1, -0.05) is 36.8 Å². The molecule has 1 aromatic carbocycles. The van der Waals surface area contributed by atoms with Crippen molar-refractivity contribution in [2.24, 2.45) is 10.9 Å². The van der Waals surface area contributed by atoms with Crippen molar-refractivity contribution >= 4 is 29.2 Å². The number of hydrogen-bond acceptors (Lipinski definition) is 4. The molecule has 0 saturated heterocycles. The molecule has 1 aromatic heterocycles. The molecule has 1 aliphatic carbocycles. The molecule has 0 radical (unpaired) electrons. The molecular formula is C16H18ClN5. The number of fused-ring (bicyclic) bond motifs is 2. The SMILES string of the molecule is ClC1CCCC2Cn3nc(NCc4ccccc4)nc3N=C12. The first-order valence-electron chi connectivity index (χ1n) is 7.75. The van der Waals surface area contributed by atoms with Crippen LogP contribution in [0.4, 0.5) is 11.9 Å². The van der Waals surface area contributed by atoms with Crippen molar-refractivity contribution in [3.05, 3.63) is 35.9 Å². The van der Waals surface area contributed by atoms with Crippen molar-refractivity contribution in [2.45, 2.75) is 37.7 Å². The van der Waals surface area contributed by atoms with Gasteiger partial charge in [-0.25, -0.2) is 9.67 Å². The second kappa shape index (κ2) is 5.72. The number of halogens is 1. The fourth-order valence-electron chi connectivity index (χ4n) is 3.16. The quantitative estimate of drug-likeness (QED) is 0.883. The third-order valence-corrected chi connectivity index (χ3v) is 4.76. The Kier molecular flexibility index (Phi) is 3.58. The van der Waals surface area contributed by atoms with E-state index in [1.165, 1.54) is 12.0 Å². The van der Waals surface area contributed by atoms with Crippen molar-refractivity contribution in [3.8, 4) is 0 Å². The third-order valence-electron chi connectivity index (χ3n) is 4.32. The number of nitrogens with one attached hydrogen (secondary N) is 1. The van der Waals surface area contributed by atoms with E-state index in [4.69, 9.17) is 11.6 Å². The Morgan fingerprint density at radius 3 is 2.95 bits per heavy atom. The van der Waals surface area contributed by atoms with E-state index < -0.39 is 0 Å². The predicted molar refractivity (Wildman–Crippen MR) is 87.9 cm³/mol. The molecule has 114 valence electrons. The molecule has 2 aliphatic rings. The zero-order valence-corrected chi connectivity index (χ0v) is 13.0. The molecule has 5 nitrogen and oxygen atoms in total. The van der Waals surface area contributed by atoms with E-state index in [-0.39, 0.29) is 5.38 Å². The zero-order chi connectivity index (χ0) is 14.9. The van der Waals surface area contributed by atoms with Crippen molar-refractivity contribution in [2.75, 3.05) is 5.32 Å². The number of benzene rings is 1. The van der Waals surface area contributed by atoms with Gasteiger partial charge in [-0.15, -0.1) is 16.7 Å². The van der Waals surface area contributed by atoms with Crippen molar-refractivity contribution in [1.82, 2.24) is 14.8 Å². The molecule has 0 amide bonds. The number of aliphatic imine (C=N–C) groups is 1. The summed E-state index contributed by atoms with van der Waals surface area (Å²) in [6, 6.07) is 10.2. The number of anilines is 1. The van der Waals surface area contributed by atoms with E-state index in [0.717, 1.165) is 25.1 Å². The van der Waals surface area contributed by atoms with Crippen molar-refractivity contribution < 1.29 is 0 Å². The van der Waals surface area contributed by atoms with Crippen LogP contribution in [-0.2, 0) is 13.1 Å². The fourth-order valence-corrected chi connectivity index (χ4v) is 3.54. The van der Waals surface area contributed by atoms with Gasteiger partial charge in [-0.3, -0.25) is 0 Å². The first-order chi connectivity index (χ1) is 10.8. The summed E-state index contributed by atoms with van der Waals surface area (Å²) in [6.45, 7) is 1.56. The Morgan fingerprint density at radius 2 is 2.09 bits per heavy atom. The smallest absolute Gasteiger partial charge is 0.249 e. The molecule has 6 heteroatoms. The molecule has 1 saturated carbocycles. The van der Waals surface area contributed by atoms with Gasteiger partial charge < -0.3 is 5.32 Å². The normalized spacial score (nSPS) is 23.4. The van der Waals surface area contributed by atoms with Crippen LogP contribution in [0.1, 0.15) is 24.8 Å².